The van der Waals surface area contributed by atoms with Crippen LogP contribution < -0.4 is 5.43 Å². The summed E-state index contributed by atoms with van der Waals surface area (Å²) >= 11 is 0. The van der Waals surface area contributed by atoms with E-state index in [2.05, 4.69) is 10.5 Å². The van der Waals surface area contributed by atoms with Crippen LogP contribution in [-0.2, 0) is 0 Å². The van der Waals surface area contributed by atoms with Gasteiger partial charge in [-0.2, -0.15) is 5.10 Å². The van der Waals surface area contributed by atoms with E-state index in [1.54, 1.807) is 24.4 Å². The molecule has 4 heteroatoms. The van der Waals surface area contributed by atoms with Gasteiger partial charge in [0.1, 0.15) is 0 Å². The van der Waals surface area contributed by atoms with Crippen LogP contribution in [0.15, 0.2) is 53.6 Å². The second kappa shape index (κ2) is 5.82. The maximum atomic E-state index is 10.8. The first kappa shape index (κ1) is 12.8. The first-order chi connectivity index (χ1) is 9.16. The van der Waals surface area contributed by atoms with Crippen molar-refractivity contribution < 1.29 is 9.90 Å². The SMILES string of the molecule is Cc1cc(C(=O)O)ccc1C=NNc1ccccc1. The molecule has 2 N–H and O–H groups in total. The quantitative estimate of drug-likeness (QED) is 0.651. The first-order valence-corrected chi connectivity index (χ1v) is 5.85. The fraction of sp³-hybridized carbons (Fsp3) is 0.0667. The van der Waals surface area contributed by atoms with Crippen molar-refractivity contribution in [3.05, 3.63) is 65.2 Å². The predicted molar refractivity (Wildman–Crippen MR) is 75.8 cm³/mol. The molecule has 0 fully saturated rings. The molecule has 2 aromatic carbocycles. The normalized spacial score (nSPS) is 10.6. The summed E-state index contributed by atoms with van der Waals surface area (Å²) in [5, 5.41) is 13.0. The second-order valence-electron chi connectivity index (χ2n) is 4.11. The van der Waals surface area contributed by atoms with Crippen LogP contribution in [0, 0.1) is 6.92 Å². The maximum Gasteiger partial charge on any atom is 0.335 e. The molecule has 0 saturated carbocycles. The van der Waals surface area contributed by atoms with Gasteiger partial charge in [0.15, 0.2) is 0 Å². The van der Waals surface area contributed by atoms with Crippen molar-refractivity contribution >= 4 is 17.9 Å². The average molecular weight is 254 g/mol. The monoisotopic (exact) mass is 254 g/mol. The predicted octanol–water partition coefficient (Wildman–Crippen LogP) is 3.14. The van der Waals surface area contributed by atoms with Gasteiger partial charge in [-0.15, -0.1) is 0 Å². The molecular formula is C15H14N2O2. The summed E-state index contributed by atoms with van der Waals surface area (Å²) in [4.78, 5) is 10.8. The van der Waals surface area contributed by atoms with E-state index in [-0.39, 0.29) is 5.56 Å². The van der Waals surface area contributed by atoms with Crippen LogP contribution in [0.4, 0.5) is 5.69 Å². The Bertz CT molecular complexity index is 607. The number of carboxylic acid groups (broad SMARTS) is 1. The fourth-order valence-electron chi connectivity index (χ4n) is 1.64. The molecule has 0 radical (unpaired) electrons. The Hall–Kier alpha value is -2.62. The minimum atomic E-state index is -0.922. The third-order valence-electron chi connectivity index (χ3n) is 2.69. The van der Waals surface area contributed by atoms with Gasteiger partial charge in [-0.3, -0.25) is 5.43 Å². The number of hydrogen-bond acceptors (Lipinski definition) is 3. The second-order valence-corrected chi connectivity index (χ2v) is 4.11. The van der Waals surface area contributed by atoms with Crippen LogP contribution >= 0.6 is 0 Å². The number of anilines is 1. The number of carboxylic acids is 1. The molecule has 4 nitrogen and oxygen atoms in total. The minimum Gasteiger partial charge on any atom is -0.478 e. The molecule has 0 saturated heterocycles. The van der Waals surface area contributed by atoms with Crippen molar-refractivity contribution in [2.24, 2.45) is 5.10 Å². The zero-order chi connectivity index (χ0) is 13.7. The Morgan fingerprint density at radius 3 is 2.58 bits per heavy atom. The lowest BCUT2D eigenvalue weighted by Gasteiger charge is -2.02. The Morgan fingerprint density at radius 2 is 1.95 bits per heavy atom. The highest BCUT2D eigenvalue weighted by Gasteiger charge is 2.04. The van der Waals surface area contributed by atoms with E-state index in [0.29, 0.717) is 0 Å². The van der Waals surface area contributed by atoms with Crippen molar-refractivity contribution in [1.29, 1.82) is 0 Å². The van der Waals surface area contributed by atoms with Gasteiger partial charge in [0.25, 0.3) is 0 Å². The van der Waals surface area contributed by atoms with Crippen LogP contribution in [0.25, 0.3) is 0 Å². The lowest BCUT2D eigenvalue weighted by molar-refractivity contribution is 0.0697. The molecule has 96 valence electrons. The molecule has 0 amide bonds. The van der Waals surface area contributed by atoms with E-state index in [4.69, 9.17) is 5.11 Å². The van der Waals surface area contributed by atoms with Gasteiger partial charge in [-0.25, -0.2) is 4.79 Å². The Balaban J connectivity index is 2.09. The topological polar surface area (TPSA) is 61.7 Å². The fourth-order valence-corrected chi connectivity index (χ4v) is 1.64. The standard InChI is InChI=1S/C15H14N2O2/c1-11-9-12(15(18)19)7-8-13(11)10-16-17-14-5-3-2-4-6-14/h2-10,17H,1H3,(H,18,19). The van der Waals surface area contributed by atoms with Gasteiger partial charge >= 0.3 is 5.97 Å². The molecule has 0 aliphatic rings. The molecule has 0 atom stereocenters. The number of hydrazone groups is 1. The molecule has 0 heterocycles. The summed E-state index contributed by atoms with van der Waals surface area (Å²) in [5.74, 6) is -0.922. The summed E-state index contributed by atoms with van der Waals surface area (Å²) in [6, 6.07) is 14.6. The lowest BCUT2D eigenvalue weighted by atomic mass is 10.1. The zero-order valence-corrected chi connectivity index (χ0v) is 10.5. The molecule has 0 unspecified atom stereocenters. The smallest absolute Gasteiger partial charge is 0.335 e. The van der Waals surface area contributed by atoms with Crippen molar-refractivity contribution in [1.82, 2.24) is 0 Å². The summed E-state index contributed by atoms with van der Waals surface area (Å²) in [6.07, 6.45) is 1.67. The summed E-state index contributed by atoms with van der Waals surface area (Å²) < 4.78 is 0. The number of para-hydroxylation sites is 1. The Kier molecular flexibility index (Phi) is 3.93. The molecule has 2 rings (SSSR count). The average Bonchev–Trinajstić information content (AvgIpc) is 2.41. The van der Waals surface area contributed by atoms with E-state index in [9.17, 15) is 4.79 Å². The number of nitrogens with one attached hydrogen (secondary N) is 1. The number of benzene rings is 2. The maximum absolute atomic E-state index is 10.8. The zero-order valence-electron chi connectivity index (χ0n) is 10.5. The van der Waals surface area contributed by atoms with Crippen LogP contribution in [0.2, 0.25) is 0 Å². The summed E-state index contributed by atoms with van der Waals surface area (Å²) in [6.45, 7) is 1.86. The third-order valence-corrected chi connectivity index (χ3v) is 2.69. The van der Waals surface area contributed by atoms with E-state index >= 15 is 0 Å². The molecular weight excluding hydrogens is 240 g/mol. The van der Waals surface area contributed by atoms with Crippen molar-refractivity contribution in [3.8, 4) is 0 Å². The van der Waals surface area contributed by atoms with Crippen molar-refractivity contribution in [2.45, 2.75) is 6.92 Å². The van der Waals surface area contributed by atoms with Gasteiger partial charge in [-0.1, -0.05) is 24.3 Å². The van der Waals surface area contributed by atoms with Gasteiger partial charge in [0.2, 0.25) is 0 Å². The van der Waals surface area contributed by atoms with E-state index in [1.807, 2.05) is 37.3 Å². The third kappa shape index (κ3) is 3.42. The molecule has 19 heavy (non-hydrogen) atoms. The molecule has 0 aliphatic heterocycles. The number of aromatic carboxylic acids is 1. The minimum absolute atomic E-state index is 0.283. The van der Waals surface area contributed by atoms with Crippen LogP contribution in [0.1, 0.15) is 21.5 Å². The van der Waals surface area contributed by atoms with Crippen molar-refractivity contribution in [2.75, 3.05) is 5.43 Å². The van der Waals surface area contributed by atoms with Gasteiger partial charge < -0.3 is 5.11 Å². The number of carbonyl (C=O) groups is 1. The van der Waals surface area contributed by atoms with E-state index in [0.717, 1.165) is 16.8 Å². The molecule has 0 aromatic heterocycles. The van der Waals surface area contributed by atoms with Gasteiger partial charge in [0.05, 0.1) is 17.5 Å². The summed E-state index contributed by atoms with van der Waals surface area (Å²) in [5.41, 5.74) is 5.85. The molecule has 0 bridgehead atoms. The lowest BCUT2D eigenvalue weighted by Crippen LogP contribution is -1.99. The van der Waals surface area contributed by atoms with Gasteiger partial charge in [-0.05, 0) is 42.3 Å². The Labute approximate surface area is 111 Å². The highest BCUT2D eigenvalue weighted by Crippen LogP contribution is 2.10. The van der Waals surface area contributed by atoms with E-state index in [1.165, 1.54) is 0 Å². The van der Waals surface area contributed by atoms with Crippen LogP contribution in [0.3, 0.4) is 0 Å². The molecule has 2 aromatic rings. The number of nitrogens with zero attached hydrogens (tertiary/aromatic N) is 1. The number of aryl methyl sites for hydroxylation is 1. The van der Waals surface area contributed by atoms with E-state index < -0.39 is 5.97 Å². The van der Waals surface area contributed by atoms with Crippen LogP contribution in [-0.4, -0.2) is 17.3 Å². The van der Waals surface area contributed by atoms with Crippen LogP contribution in [0.5, 0.6) is 0 Å². The van der Waals surface area contributed by atoms with Crippen molar-refractivity contribution in [3.63, 3.8) is 0 Å². The molecule has 0 spiro atoms. The highest BCUT2D eigenvalue weighted by molar-refractivity contribution is 5.90. The largest absolute Gasteiger partial charge is 0.478 e. The molecule has 0 aliphatic carbocycles. The highest BCUT2D eigenvalue weighted by atomic mass is 16.4. The summed E-state index contributed by atoms with van der Waals surface area (Å²) in [7, 11) is 0. The van der Waals surface area contributed by atoms with Gasteiger partial charge in [0, 0.05) is 0 Å². The first-order valence-electron chi connectivity index (χ1n) is 5.85. The number of rotatable bonds is 4. The Morgan fingerprint density at radius 1 is 1.21 bits per heavy atom. The number of hydrogen-bond donors (Lipinski definition) is 2.